The summed E-state index contributed by atoms with van der Waals surface area (Å²) in [5.74, 6) is -4.37. The van der Waals surface area contributed by atoms with Crippen molar-refractivity contribution in [3.05, 3.63) is 35.9 Å². The number of hydrogen-bond acceptors (Lipinski definition) is 10. The van der Waals surface area contributed by atoms with Crippen LogP contribution in [0.25, 0.3) is 0 Å². The largest absolute Gasteiger partial charge is 0.465 e. The van der Waals surface area contributed by atoms with Gasteiger partial charge >= 0.3 is 11.9 Å². The van der Waals surface area contributed by atoms with Gasteiger partial charge < -0.3 is 39.6 Å². The number of ether oxygens (including phenoxy) is 4. The number of hydrogen-bond donors (Lipinski definition) is 4. The quantitative estimate of drug-likeness (QED) is 0.340. The summed E-state index contributed by atoms with van der Waals surface area (Å²) < 4.78 is 21.8. The molecule has 1 saturated heterocycles. The fraction of sp³-hybridized carbons (Fsp3) is 0.571. The molecule has 4 N–H and O–H groups in total. The van der Waals surface area contributed by atoms with Crippen molar-refractivity contribution >= 4 is 17.8 Å². The van der Waals surface area contributed by atoms with Crippen LogP contribution in [0.15, 0.2) is 30.3 Å². The molecule has 1 fully saturated rings. The predicted octanol–water partition coefficient (Wildman–Crippen LogP) is -0.988. The van der Waals surface area contributed by atoms with Crippen LogP contribution in [-0.4, -0.2) is 83.1 Å². The van der Waals surface area contributed by atoms with E-state index in [-0.39, 0.29) is 13.0 Å². The second kappa shape index (κ2) is 11.3. The molecule has 1 aliphatic rings. The van der Waals surface area contributed by atoms with Crippen molar-refractivity contribution in [1.82, 2.24) is 5.32 Å². The van der Waals surface area contributed by atoms with Crippen LogP contribution in [0.3, 0.4) is 0 Å². The van der Waals surface area contributed by atoms with Gasteiger partial charge in [-0.05, 0) is 5.56 Å². The van der Waals surface area contributed by atoms with Gasteiger partial charge in [0, 0.05) is 13.8 Å². The monoisotopic (exact) mass is 455 g/mol. The molecule has 0 aromatic heterocycles. The van der Waals surface area contributed by atoms with Crippen LogP contribution in [0.1, 0.15) is 25.8 Å². The Balaban J connectivity index is 2.48. The highest BCUT2D eigenvalue weighted by Gasteiger charge is 2.57. The van der Waals surface area contributed by atoms with Crippen molar-refractivity contribution in [2.75, 3.05) is 13.7 Å². The van der Waals surface area contributed by atoms with Crippen molar-refractivity contribution in [2.45, 2.75) is 63.1 Å². The summed E-state index contributed by atoms with van der Waals surface area (Å²) in [7, 11) is 1.11. The number of aliphatic hydroxyl groups excluding tert-OH is 3. The highest BCUT2D eigenvalue weighted by Crippen LogP contribution is 2.36. The van der Waals surface area contributed by atoms with Gasteiger partial charge in [-0.15, -0.1) is 0 Å². The van der Waals surface area contributed by atoms with E-state index in [1.807, 2.05) is 0 Å². The molecule has 1 amide bonds. The second-order valence-electron chi connectivity index (χ2n) is 7.42. The maximum absolute atomic E-state index is 12.8. The van der Waals surface area contributed by atoms with E-state index in [1.54, 1.807) is 30.3 Å². The lowest BCUT2D eigenvalue weighted by atomic mass is 9.88. The molecule has 32 heavy (non-hydrogen) atoms. The number of carbonyl (C=O) groups excluding carboxylic acids is 3. The first-order chi connectivity index (χ1) is 15.1. The van der Waals surface area contributed by atoms with E-state index >= 15 is 0 Å². The number of benzene rings is 1. The van der Waals surface area contributed by atoms with Crippen LogP contribution in [0.5, 0.6) is 0 Å². The lowest BCUT2D eigenvalue weighted by Gasteiger charge is -2.47. The molecule has 1 heterocycles. The Morgan fingerprint density at radius 2 is 1.88 bits per heavy atom. The van der Waals surface area contributed by atoms with Gasteiger partial charge in [0.1, 0.15) is 24.4 Å². The Morgan fingerprint density at radius 3 is 2.41 bits per heavy atom. The molecule has 11 heteroatoms. The average Bonchev–Trinajstić information content (AvgIpc) is 2.77. The Morgan fingerprint density at radius 1 is 1.22 bits per heavy atom. The third-order valence-electron chi connectivity index (χ3n) is 4.97. The van der Waals surface area contributed by atoms with Crippen LogP contribution in [-0.2, 0) is 39.9 Å². The molecule has 6 atom stereocenters. The second-order valence-corrected chi connectivity index (χ2v) is 7.42. The van der Waals surface area contributed by atoms with Gasteiger partial charge in [-0.25, -0.2) is 4.79 Å². The molecule has 0 radical (unpaired) electrons. The third-order valence-corrected chi connectivity index (χ3v) is 4.97. The summed E-state index contributed by atoms with van der Waals surface area (Å²) in [4.78, 5) is 36.3. The summed E-state index contributed by atoms with van der Waals surface area (Å²) in [5, 5.41) is 32.4. The maximum Gasteiger partial charge on any atom is 0.366 e. The van der Waals surface area contributed by atoms with E-state index in [2.05, 4.69) is 5.32 Å². The van der Waals surface area contributed by atoms with Crippen molar-refractivity contribution in [2.24, 2.45) is 0 Å². The fourth-order valence-electron chi connectivity index (χ4n) is 3.50. The molecule has 0 saturated carbocycles. The summed E-state index contributed by atoms with van der Waals surface area (Å²) >= 11 is 0. The topological polar surface area (TPSA) is 161 Å². The molecule has 2 rings (SSSR count). The first kappa shape index (κ1) is 25.7. The molecular formula is C21H29NO10. The summed E-state index contributed by atoms with van der Waals surface area (Å²) in [6.45, 7) is 1.41. The van der Waals surface area contributed by atoms with Gasteiger partial charge in [0.05, 0.1) is 32.8 Å². The molecule has 1 aromatic carbocycles. The van der Waals surface area contributed by atoms with E-state index in [4.69, 9.17) is 18.9 Å². The zero-order valence-corrected chi connectivity index (χ0v) is 18.1. The minimum absolute atomic E-state index is 0.0983. The molecule has 0 aliphatic carbocycles. The van der Waals surface area contributed by atoms with Crippen molar-refractivity contribution in [1.29, 1.82) is 0 Å². The van der Waals surface area contributed by atoms with Gasteiger partial charge in [0.15, 0.2) is 0 Å². The van der Waals surface area contributed by atoms with Crippen molar-refractivity contribution in [3.63, 3.8) is 0 Å². The fourth-order valence-corrected chi connectivity index (χ4v) is 3.50. The number of carbonyl (C=O) groups is 3. The Kier molecular flexibility index (Phi) is 9.10. The van der Waals surface area contributed by atoms with E-state index < -0.39 is 60.7 Å². The van der Waals surface area contributed by atoms with Crippen LogP contribution in [0.2, 0.25) is 0 Å². The molecule has 1 aromatic rings. The highest BCUT2D eigenvalue weighted by molar-refractivity contribution is 5.78. The number of methoxy groups -OCH3 is 1. The molecule has 0 bridgehead atoms. The van der Waals surface area contributed by atoms with E-state index in [0.29, 0.717) is 5.56 Å². The van der Waals surface area contributed by atoms with Crippen LogP contribution >= 0.6 is 0 Å². The van der Waals surface area contributed by atoms with E-state index in [9.17, 15) is 29.7 Å². The summed E-state index contributed by atoms with van der Waals surface area (Å²) in [6, 6.07) is 7.67. The van der Waals surface area contributed by atoms with Gasteiger partial charge in [-0.3, -0.25) is 9.59 Å². The molecule has 11 nitrogen and oxygen atoms in total. The number of esters is 2. The zero-order chi connectivity index (χ0) is 23.9. The third kappa shape index (κ3) is 6.24. The number of nitrogens with one attached hydrogen (secondary N) is 1. The predicted molar refractivity (Wildman–Crippen MR) is 108 cm³/mol. The number of amides is 1. The minimum Gasteiger partial charge on any atom is -0.465 e. The highest BCUT2D eigenvalue weighted by atomic mass is 16.7. The van der Waals surface area contributed by atoms with Gasteiger partial charge in [0.2, 0.25) is 5.91 Å². The SMILES string of the molecule is COC(=O)[C@@]1(OCc2ccccc2)C[C@H](OC(C)=O)[C@@H](NC(C)=O)[C@H]([C@H](O)[C@H](O)CO)O1. The maximum atomic E-state index is 12.8. The van der Waals surface area contributed by atoms with Gasteiger partial charge in [-0.1, -0.05) is 30.3 Å². The van der Waals surface area contributed by atoms with E-state index in [1.165, 1.54) is 6.92 Å². The van der Waals surface area contributed by atoms with Crippen molar-refractivity contribution in [3.8, 4) is 0 Å². The minimum atomic E-state index is -2.14. The lowest BCUT2D eigenvalue weighted by molar-refractivity contribution is -0.316. The summed E-state index contributed by atoms with van der Waals surface area (Å²) in [5.41, 5.74) is 0.694. The Bertz CT molecular complexity index is 788. The van der Waals surface area contributed by atoms with Crippen LogP contribution in [0.4, 0.5) is 0 Å². The first-order valence-electron chi connectivity index (χ1n) is 9.99. The zero-order valence-electron chi connectivity index (χ0n) is 18.1. The standard InChI is InChI=1S/C21H29NO10/c1-12(24)22-17-16(31-13(2)25)9-21(20(28)29-3,30-11-14-7-5-4-6-8-14)32-19(17)18(27)15(26)10-23/h4-8,15-19,23,26-27H,9-11H2,1-3H3,(H,22,24)/t15-,16+,17-,18-,19-,21-/m1/s1. The van der Waals surface area contributed by atoms with E-state index in [0.717, 1.165) is 14.0 Å². The molecule has 178 valence electrons. The summed E-state index contributed by atoms with van der Waals surface area (Å²) in [6.07, 6.45) is -6.52. The van der Waals surface area contributed by atoms with Gasteiger partial charge in [-0.2, -0.15) is 0 Å². The molecular weight excluding hydrogens is 426 g/mol. The number of rotatable bonds is 9. The van der Waals surface area contributed by atoms with Crippen LogP contribution in [0, 0.1) is 0 Å². The number of aliphatic hydroxyl groups is 3. The Hall–Kier alpha value is -2.57. The lowest BCUT2D eigenvalue weighted by Crippen LogP contribution is -2.68. The van der Waals surface area contributed by atoms with Gasteiger partial charge in [0.25, 0.3) is 5.79 Å². The Labute approximate surface area is 185 Å². The normalized spacial score (nSPS) is 27.1. The first-order valence-corrected chi connectivity index (χ1v) is 9.99. The smallest absolute Gasteiger partial charge is 0.366 e. The van der Waals surface area contributed by atoms with Crippen molar-refractivity contribution < 1.29 is 48.7 Å². The molecule has 0 spiro atoms. The molecule has 1 aliphatic heterocycles. The van der Waals surface area contributed by atoms with Crippen LogP contribution < -0.4 is 5.32 Å². The molecule has 0 unspecified atom stereocenters. The average molecular weight is 455 g/mol.